The van der Waals surface area contributed by atoms with Crippen LogP contribution in [-0.2, 0) is 19.1 Å². The Bertz CT molecular complexity index is 944. The molecule has 1 heterocycles. The Morgan fingerprint density at radius 2 is 1.68 bits per heavy atom. The molecule has 1 N–H and O–H groups in total. The molecule has 0 saturated heterocycles. The number of thiocarbonyl (C=S) groups is 1. The minimum absolute atomic E-state index is 0.0677. The summed E-state index contributed by atoms with van der Waals surface area (Å²) in [5, 5.41) is 5.17. The van der Waals surface area contributed by atoms with E-state index in [4.69, 9.17) is 9.47 Å². The van der Waals surface area contributed by atoms with Gasteiger partial charge >= 0.3 is 18.6 Å². The van der Waals surface area contributed by atoms with Crippen molar-refractivity contribution in [2.24, 2.45) is 4.99 Å². The third-order valence-electron chi connectivity index (χ3n) is 4.45. The Morgan fingerprint density at radius 1 is 1.13 bits per heavy atom. The molecular formula is C21H22F2N2O5S. The summed E-state index contributed by atoms with van der Waals surface area (Å²) in [7, 11) is 0. The lowest BCUT2D eigenvalue weighted by molar-refractivity contribution is -0.139. The quantitative estimate of drug-likeness (QED) is 0.356. The van der Waals surface area contributed by atoms with Crippen molar-refractivity contribution >= 4 is 35.0 Å². The van der Waals surface area contributed by atoms with Crippen molar-refractivity contribution in [1.29, 1.82) is 0 Å². The van der Waals surface area contributed by atoms with Crippen molar-refractivity contribution in [2.45, 2.75) is 40.2 Å². The maximum Gasteiger partial charge on any atom is 0.387 e. The summed E-state index contributed by atoms with van der Waals surface area (Å²) in [6, 6.07) is 4.08. The molecule has 1 aliphatic rings. The minimum Gasteiger partial charge on any atom is -0.463 e. The van der Waals surface area contributed by atoms with Crippen LogP contribution in [0, 0.1) is 0 Å². The predicted octanol–water partition coefficient (Wildman–Crippen LogP) is 4.38. The summed E-state index contributed by atoms with van der Waals surface area (Å²) in [6.45, 7) is 3.53. The number of isothiocyanates is 1. The Morgan fingerprint density at radius 3 is 2.13 bits per heavy atom. The first kappa shape index (κ1) is 24.2. The number of dihydropyridines is 1. The molecule has 1 aliphatic heterocycles. The van der Waals surface area contributed by atoms with Crippen LogP contribution in [0.2, 0.25) is 0 Å². The topological polar surface area (TPSA) is 86.2 Å². The molecule has 0 aromatic heterocycles. The van der Waals surface area contributed by atoms with E-state index in [1.165, 1.54) is 18.2 Å². The second-order valence-electron chi connectivity index (χ2n) is 6.38. The number of hydrogen-bond acceptors (Lipinski definition) is 8. The molecule has 0 unspecified atom stereocenters. The minimum atomic E-state index is -3.13. The standard InChI is InChI=1S/C21H22F2N2O5S/c1-5-28-19(26)16-11(3)25-12(4)17(20(27)29-6-2)18(16)14-9-13(24-10-31)7-8-15(14)30-21(22)23/h7-9,18,21,25H,5-6H2,1-4H3. The highest BCUT2D eigenvalue weighted by Gasteiger charge is 2.39. The number of ether oxygens (including phenoxy) is 3. The number of alkyl halides is 2. The van der Waals surface area contributed by atoms with Crippen molar-refractivity contribution in [3.63, 3.8) is 0 Å². The zero-order valence-corrected chi connectivity index (χ0v) is 18.3. The first-order valence-corrected chi connectivity index (χ1v) is 9.85. The summed E-state index contributed by atoms with van der Waals surface area (Å²) in [5.74, 6) is -2.75. The van der Waals surface area contributed by atoms with Gasteiger partial charge in [-0.3, -0.25) is 0 Å². The van der Waals surface area contributed by atoms with Gasteiger partial charge in [-0.25, -0.2) is 9.59 Å². The number of aliphatic imine (C=N–C) groups is 1. The van der Waals surface area contributed by atoms with Crippen LogP contribution in [0.1, 0.15) is 39.2 Å². The molecule has 0 bridgehead atoms. The van der Waals surface area contributed by atoms with Crippen LogP contribution in [0.3, 0.4) is 0 Å². The highest BCUT2D eigenvalue weighted by atomic mass is 32.1. The number of esters is 2. The number of carbonyl (C=O) groups is 2. The Hall–Kier alpha value is -3.10. The van der Waals surface area contributed by atoms with Crippen molar-refractivity contribution in [2.75, 3.05) is 13.2 Å². The molecule has 2 rings (SSSR count). The van der Waals surface area contributed by atoms with Crippen LogP contribution in [0.15, 0.2) is 45.7 Å². The molecule has 10 heteroatoms. The Balaban J connectivity index is 2.84. The number of allylic oxidation sites excluding steroid dienone is 2. The second kappa shape index (κ2) is 10.8. The van der Waals surface area contributed by atoms with E-state index in [-0.39, 0.29) is 41.4 Å². The van der Waals surface area contributed by atoms with E-state index in [2.05, 4.69) is 32.4 Å². The molecule has 7 nitrogen and oxygen atoms in total. The van der Waals surface area contributed by atoms with E-state index in [9.17, 15) is 18.4 Å². The molecule has 0 saturated carbocycles. The van der Waals surface area contributed by atoms with Gasteiger partial charge in [0.1, 0.15) is 5.75 Å². The van der Waals surface area contributed by atoms with Gasteiger partial charge in [0.2, 0.25) is 0 Å². The monoisotopic (exact) mass is 452 g/mol. The maximum absolute atomic E-state index is 13.1. The Kier molecular flexibility index (Phi) is 8.41. The third kappa shape index (κ3) is 5.53. The zero-order valence-electron chi connectivity index (χ0n) is 17.5. The second-order valence-corrected chi connectivity index (χ2v) is 6.56. The molecule has 166 valence electrons. The summed E-state index contributed by atoms with van der Waals surface area (Å²) in [4.78, 5) is 29.5. The highest BCUT2D eigenvalue weighted by molar-refractivity contribution is 7.78. The normalized spacial score (nSPS) is 14.2. The fraction of sp³-hybridized carbons (Fsp3) is 0.381. The van der Waals surface area contributed by atoms with Crippen molar-refractivity contribution in [3.8, 4) is 5.75 Å². The van der Waals surface area contributed by atoms with Crippen LogP contribution >= 0.6 is 12.2 Å². The molecule has 0 atom stereocenters. The fourth-order valence-corrected chi connectivity index (χ4v) is 3.46. The van der Waals surface area contributed by atoms with Gasteiger partial charge in [-0.2, -0.15) is 13.8 Å². The lowest BCUT2D eigenvalue weighted by Gasteiger charge is -2.31. The number of nitrogens with one attached hydrogen (secondary N) is 1. The van der Waals surface area contributed by atoms with E-state index in [1.807, 2.05) is 0 Å². The highest BCUT2D eigenvalue weighted by Crippen LogP contribution is 2.44. The van der Waals surface area contributed by atoms with E-state index < -0.39 is 24.5 Å². The van der Waals surface area contributed by atoms with Crippen LogP contribution in [0.5, 0.6) is 5.75 Å². The Labute approximate surface area is 183 Å². The van der Waals surface area contributed by atoms with Crippen molar-refractivity contribution in [1.82, 2.24) is 5.32 Å². The number of rotatable bonds is 8. The number of benzene rings is 1. The molecule has 0 radical (unpaired) electrons. The molecule has 0 amide bonds. The first-order valence-electron chi connectivity index (χ1n) is 9.44. The molecule has 31 heavy (non-hydrogen) atoms. The van der Waals surface area contributed by atoms with Gasteiger partial charge in [0.15, 0.2) is 0 Å². The molecule has 0 fully saturated rings. The summed E-state index contributed by atoms with van der Waals surface area (Å²) >= 11 is 4.63. The van der Waals surface area contributed by atoms with Gasteiger partial charge in [0.25, 0.3) is 0 Å². The van der Waals surface area contributed by atoms with Gasteiger partial charge in [0.05, 0.1) is 41.1 Å². The molecule has 1 aromatic rings. The SMILES string of the molecule is CCOC(=O)C1=C(C)NC(C)=C(C(=O)OCC)C1c1cc(N=C=S)ccc1OC(F)F. The van der Waals surface area contributed by atoms with E-state index in [0.29, 0.717) is 11.4 Å². The molecular weight excluding hydrogens is 430 g/mol. The fourth-order valence-electron chi connectivity index (χ4n) is 3.35. The molecule has 1 aromatic carbocycles. The summed E-state index contributed by atoms with van der Waals surface area (Å²) in [5.41, 5.74) is 1.34. The maximum atomic E-state index is 13.1. The number of halogens is 2. The number of carbonyl (C=O) groups excluding carboxylic acids is 2. The van der Waals surface area contributed by atoms with E-state index in [1.54, 1.807) is 27.7 Å². The van der Waals surface area contributed by atoms with E-state index in [0.717, 1.165) is 0 Å². The third-order valence-corrected chi connectivity index (χ3v) is 4.54. The smallest absolute Gasteiger partial charge is 0.387 e. The van der Waals surface area contributed by atoms with Crippen molar-refractivity contribution < 1.29 is 32.6 Å². The molecule has 0 aliphatic carbocycles. The van der Waals surface area contributed by atoms with Gasteiger partial charge in [-0.1, -0.05) is 0 Å². The van der Waals surface area contributed by atoms with Crippen LogP contribution < -0.4 is 10.1 Å². The summed E-state index contributed by atoms with van der Waals surface area (Å²) in [6.07, 6.45) is 0. The largest absolute Gasteiger partial charge is 0.463 e. The average Bonchev–Trinajstić information content (AvgIpc) is 2.68. The number of nitrogens with zero attached hydrogens (tertiary/aromatic N) is 1. The van der Waals surface area contributed by atoms with E-state index >= 15 is 0 Å². The lowest BCUT2D eigenvalue weighted by atomic mass is 9.79. The van der Waals surface area contributed by atoms with Gasteiger partial charge in [-0.05, 0) is 58.1 Å². The lowest BCUT2D eigenvalue weighted by Crippen LogP contribution is -2.32. The van der Waals surface area contributed by atoms with Gasteiger partial charge in [-0.15, -0.1) is 0 Å². The van der Waals surface area contributed by atoms with Crippen LogP contribution in [0.25, 0.3) is 0 Å². The van der Waals surface area contributed by atoms with Gasteiger partial charge < -0.3 is 19.5 Å². The average molecular weight is 452 g/mol. The number of hydrogen-bond donors (Lipinski definition) is 1. The molecule has 0 spiro atoms. The summed E-state index contributed by atoms with van der Waals surface area (Å²) < 4.78 is 41.3. The van der Waals surface area contributed by atoms with Gasteiger partial charge in [0, 0.05) is 17.0 Å². The van der Waals surface area contributed by atoms with Crippen LogP contribution in [-0.4, -0.2) is 36.9 Å². The first-order chi connectivity index (χ1) is 14.7. The van der Waals surface area contributed by atoms with Crippen LogP contribution in [0.4, 0.5) is 14.5 Å². The van der Waals surface area contributed by atoms with Crippen molar-refractivity contribution in [3.05, 3.63) is 46.3 Å². The zero-order chi connectivity index (χ0) is 23.1. The predicted molar refractivity (Wildman–Crippen MR) is 112 cm³/mol.